The quantitative estimate of drug-likeness (QED) is 0.324. The van der Waals surface area contributed by atoms with Crippen LogP contribution in [0.2, 0.25) is 0 Å². The zero-order chi connectivity index (χ0) is 22.8. The fourth-order valence-electron chi connectivity index (χ4n) is 4.49. The summed E-state index contributed by atoms with van der Waals surface area (Å²) in [4.78, 5) is 34.1. The third-order valence-corrected chi connectivity index (χ3v) is 5.97. The predicted molar refractivity (Wildman–Crippen MR) is 121 cm³/mol. The molecule has 4 rings (SSSR count). The van der Waals surface area contributed by atoms with Gasteiger partial charge in [0.1, 0.15) is 0 Å². The largest absolute Gasteiger partial charge is 0.345 e. The number of allylic oxidation sites excluding steroid dienone is 1. The van der Waals surface area contributed by atoms with Gasteiger partial charge in [-0.25, -0.2) is 0 Å². The molecular formula is C24H21N3O5. The van der Waals surface area contributed by atoms with Crippen molar-refractivity contribution < 1.29 is 14.6 Å². The molecule has 8 nitrogen and oxygen atoms in total. The Balaban J connectivity index is 1.78. The van der Waals surface area contributed by atoms with E-state index in [0.717, 1.165) is 52.9 Å². The summed E-state index contributed by atoms with van der Waals surface area (Å²) in [5.41, 5.74) is 1.05. The summed E-state index contributed by atoms with van der Waals surface area (Å²) in [6.45, 7) is 3.84. The van der Waals surface area contributed by atoms with Gasteiger partial charge in [0.2, 0.25) is 0 Å². The SMILES string of the molecule is C=CC[C@@H]1CCc2ccc3ccccc3c2[C@H]1NC(=O)c1cc([N+](=O)[O-])cc([N+](=O)[O-])c1. The Hall–Kier alpha value is -4.07. The van der Waals surface area contributed by atoms with Crippen LogP contribution in [0.25, 0.3) is 10.8 Å². The molecule has 0 radical (unpaired) electrons. The number of amides is 1. The van der Waals surface area contributed by atoms with Crippen molar-refractivity contribution in [1.82, 2.24) is 5.32 Å². The van der Waals surface area contributed by atoms with E-state index < -0.39 is 27.1 Å². The van der Waals surface area contributed by atoms with Crippen LogP contribution in [-0.4, -0.2) is 15.8 Å². The molecule has 2 atom stereocenters. The van der Waals surface area contributed by atoms with Crippen molar-refractivity contribution in [1.29, 1.82) is 0 Å². The van der Waals surface area contributed by atoms with Gasteiger partial charge in [0.25, 0.3) is 17.3 Å². The highest BCUT2D eigenvalue weighted by Gasteiger charge is 2.32. The van der Waals surface area contributed by atoms with E-state index in [4.69, 9.17) is 0 Å². The number of nitro benzene ring substituents is 2. The molecule has 32 heavy (non-hydrogen) atoms. The van der Waals surface area contributed by atoms with E-state index in [1.165, 1.54) is 0 Å². The number of non-ortho nitro benzene ring substituents is 2. The highest BCUT2D eigenvalue weighted by molar-refractivity contribution is 5.96. The lowest BCUT2D eigenvalue weighted by Gasteiger charge is -2.35. The molecular weight excluding hydrogens is 410 g/mol. The van der Waals surface area contributed by atoms with E-state index in [1.54, 1.807) is 0 Å². The number of benzene rings is 3. The lowest BCUT2D eigenvalue weighted by atomic mass is 9.76. The minimum absolute atomic E-state index is 0.0865. The average molecular weight is 431 g/mol. The topological polar surface area (TPSA) is 115 Å². The predicted octanol–water partition coefficient (Wildman–Crippen LogP) is 5.27. The Morgan fingerprint density at radius 1 is 1.06 bits per heavy atom. The van der Waals surface area contributed by atoms with Gasteiger partial charge < -0.3 is 5.32 Å². The van der Waals surface area contributed by atoms with Crippen LogP contribution >= 0.6 is 0 Å². The minimum Gasteiger partial charge on any atom is -0.345 e. The van der Waals surface area contributed by atoms with E-state index in [1.807, 2.05) is 30.3 Å². The van der Waals surface area contributed by atoms with Crippen LogP contribution in [-0.2, 0) is 6.42 Å². The van der Waals surface area contributed by atoms with Gasteiger partial charge in [0.15, 0.2) is 0 Å². The van der Waals surface area contributed by atoms with Crippen LogP contribution in [0.1, 0.15) is 40.4 Å². The first-order valence-corrected chi connectivity index (χ1v) is 10.2. The van der Waals surface area contributed by atoms with Gasteiger partial charge in [0.05, 0.1) is 27.5 Å². The first-order valence-electron chi connectivity index (χ1n) is 10.2. The van der Waals surface area contributed by atoms with Crippen LogP contribution in [0.15, 0.2) is 67.3 Å². The van der Waals surface area contributed by atoms with E-state index >= 15 is 0 Å². The molecule has 0 aromatic heterocycles. The summed E-state index contributed by atoms with van der Waals surface area (Å²) in [5.74, 6) is -0.500. The monoisotopic (exact) mass is 431 g/mol. The van der Waals surface area contributed by atoms with Crippen molar-refractivity contribution in [2.45, 2.75) is 25.3 Å². The maximum atomic E-state index is 13.2. The van der Waals surface area contributed by atoms with Crippen molar-refractivity contribution in [3.05, 3.63) is 104 Å². The minimum atomic E-state index is -0.742. The second kappa shape index (κ2) is 8.58. The normalized spacial score (nSPS) is 17.4. The molecule has 1 aliphatic rings. The van der Waals surface area contributed by atoms with Crippen molar-refractivity contribution in [3.63, 3.8) is 0 Å². The molecule has 1 aliphatic carbocycles. The highest BCUT2D eigenvalue weighted by atomic mass is 16.6. The van der Waals surface area contributed by atoms with Gasteiger partial charge in [-0.15, -0.1) is 6.58 Å². The summed E-state index contributed by atoms with van der Waals surface area (Å²) in [7, 11) is 0. The van der Waals surface area contributed by atoms with E-state index in [-0.39, 0.29) is 17.5 Å². The summed E-state index contributed by atoms with van der Waals surface area (Å²) in [5, 5.41) is 27.6. The molecule has 8 heteroatoms. The number of hydrogen-bond acceptors (Lipinski definition) is 5. The molecule has 0 heterocycles. The Morgan fingerprint density at radius 3 is 2.41 bits per heavy atom. The van der Waals surface area contributed by atoms with Crippen LogP contribution in [0.5, 0.6) is 0 Å². The summed E-state index contributed by atoms with van der Waals surface area (Å²) in [6, 6.07) is 14.7. The zero-order valence-corrected chi connectivity index (χ0v) is 17.2. The molecule has 0 fully saturated rings. The van der Waals surface area contributed by atoms with E-state index in [2.05, 4.69) is 24.0 Å². The first-order chi connectivity index (χ1) is 15.4. The number of nitrogens with one attached hydrogen (secondary N) is 1. The molecule has 3 aromatic carbocycles. The van der Waals surface area contributed by atoms with Gasteiger partial charge in [-0.1, -0.05) is 42.5 Å². The highest BCUT2D eigenvalue weighted by Crippen LogP contribution is 2.40. The lowest BCUT2D eigenvalue weighted by Crippen LogP contribution is -2.36. The smallest absolute Gasteiger partial charge is 0.277 e. The van der Waals surface area contributed by atoms with Gasteiger partial charge in [0, 0.05) is 12.1 Å². The fourth-order valence-corrected chi connectivity index (χ4v) is 4.49. The molecule has 3 aromatic rings. The van der Waals surface area contributed by atoms with Gasteiger partial charge in [-0.05, 0) is 47.1 Å². The Kier molecular flexibility index (Phi) is 5.68. The number of fused-ring (bicyclic) bond motifs is 3. The number of carbonyl (C=O) groups is 1. The number of nitro groups is 2. The number of nitrogens with zero attached hydrogens (tertiary/aromatic N) is 2. The van der Waals surface area contributed by atoms with E-state index in [0.29, 0.717) is 6.42 Å². The Morgan fingerprint density at radius 2 is 1.75 bits per heavy atom. The van der Waals surface area contributed by atoms with Crippen LogP contribution < -0.4 is 5.32 Å². The Labute approximate surface area is 183 Å². The van der Waals surface area contributed by atoms with Crippen LogP contribution in [0.4, 0.5) is 11.4 Å². The Bertz CT molecular complexity index is 1220. The zero-order valence-electron chi connectivity index (χ0n) is 17.2. The molecule has 0 bridgehead atoms. The van der Waals surface area contributed by atoms with Gasteiger partial charge in [-0.2, -0.15) is 0 Å². The van der Waals surface area contributed by atoms with Crippen molar-refractivity contribution in [3.8, 4) is 0 Å². The van der Waals surface area contributed by atoms with Crippen molar-refractivity contribution >= 4 is 28.1 Å². The average Bonchev–Trinajstić information content (AvgIpc) is 2.79. The molecule has 162 valence electrons. The van der Waals surface area contributed by atoms with Gasteiger partial charge >= 0.3 is 0 Å². The number of hydrogen-bond donors (Lipinski definition) is 1. The third kappa shape index (κ3) is 3.94. The number of rotatable bonds is 6. The molecule has 1 N–H and O–H groups in total. The molecule has 0 saturated carbocycles. The number of aryl methyl sites for hydroxylation is 1. The van der Waals surface area contributed by atoms with E-state index in [9.17, 15) is 25.0 Å². The lowest BCUT2D eigenvalue weighted by molar-refractivity contribution is -0.394. The van der Waals surface area contributed by atoms with Crippen LogP contribution in [0.3, 0.4) is 0 Å². The standard InChI is InChI=1S/C24H21N3O5/c1-2-5-17-11-10-16-9-8-15-6-3-4-7-21(15)22(16)23(17)25-24(28)18-12-19(26(29)30)14-20(13-18)27(31)32/h2-4,6-9,12-14,17,23H,1,5,10-11H2,(H,25,28)/t17-,23+/m1/s1. The van der Waals surface area contributed by atoms with Crippen LogP contribution in [0, 0.1) is 26.1 Å². The summed E-state index contributed by atoms with van der Waals surface area (Å²) < 4.78 is 0. The second-order valence-corrected chi connectivity index (χ2v) is 7.89. The summed E-state index contributed by atoms with van der Waals surface area (Å²) >= 11 is 0. The number of carbonyl (C=O) groups excluding carboxylic acids is 1. The maximum Gasteiger partial charge on any atom is 0.277 e. The molecule has 0 saturated heterocycles. The second-order valence-electron chi connectivity index (χ2n) is 7.89. The molecule has 0 spiro atoms. The molecule has 0 aliphatic heterocycles. The first kappa shape index (κ1) is 21.2. The van der Waals surface area contributed by atoms with Crippen molar-refractivity contribution in [2.24, 2.45) is 5.92 Å². The van der Waals surface area contributed by atoms with Crippen molar-refractivity contribution in [2.75, 3.05) is 0 Å². The molecule has 1 amide bonds. The fraction of sp³-hybridized carbons (Fsp3) is 0.208. The summed E-state index contributed by atoms with van der Waals surface area (Å²) in [6.07, 6.45) is 4.21. The maximum absolute atomic E-state index is 13.2. The van der Waals surface area contributed by atoms with Gasteiger partial charge in [-0.3, -0.25) is 25.0 Å². The molecule has 0 unspecified atom stereocenters. The third-order valence-electron chi connectivity index (χ3n) is 5.97.